The third-order valence-electron chi connectivity index (χ3n) is 8.21. The molecule has 0 unspecified atom stereocenters. The second kappa shape index (κ2) is 9.98. The summed E-state index contributed by atoms with van der Waals surface area (Å²) in [6, 6.07) is 4.04. The van der Waals surface area contributed by atoms with Crippen LogP contribution in [0.2, 0.25) is 0 Å². The molecular formula is C26H41N3O3. The fraction of sp³-hybridized carbons (Fsp3) is 0.769. The van der Waals surface area contributed by atoms with E-state index in [0.29, 0.717) is 26.2 Å². The van der Waals surface area contributed by atoms with Crippen molar-refractivity contribution in [3.05, 3.63) is 24.0 Å². The van der Waals surface area contributed by atoms with Crippen molar-refractivity contribution in [1.82, 2.24) is 14.4 Å². The molecule has 6 heteroatoms. The molecule has 1 aromatic heterocycles. The normalized spacial score (nSPS) is 28.2. The number of carbonyl (C=O) groups is 2. The molecule has 178 valence electrons. The van der Waals surface area contributed by atoms with Crippen LogP contribution >= 0.6 is 0 Å². The van der Waals surface area contributed by atoms with Gasteiger partial charge in [0.1, 0.15) is 0 Å². The van der Waals surface area contributed by atoms with Gasteiger partial charge < -0.3 is 19.1 Å². The summed E-state index contributed by atoms with van der Waals surface area (Å²) in [5.41, 5.74) is 0.889. The zero-order valence-electron chi connectivity index (χ0n) is 20.2. The average Bonchev–Trinajstić information content (AvgIpc) is 3.16. The Morgan fingerprint density at radius 2 is 1.75 bits per heavy atom. The zero-order chi connectivity index (χ0) is 22.7. The lowest BCUT2D eigenvalue weighted by Gasteiger charge is -2.56. The number of carbonyl (C=O) groups excluding carboxylic acids is 2. The highest BCUT2D eigenvalue weighted by atomic mass is 16.5. The van der Waals surface area contributed by atoms with Gasteiger partial charge in [-0.05, 0) is 74.8 Å². The Kier molecular flexibility index (Phi) is 7.28. The van der Waals surface area contributed by atoms with Crippen LogP contribution in [0.25, 0.3) is 0 Å². The second-order valence-corrected chi connectivity index (χ2v) is 10.7. The number of rotatable bonds is 11. The van der Waals surface area contributed by atoms with Gasteiger partial charge in [-0.3, -0.25) is 9.59 Å². The van der Waals surface area contributed by atoms with Crippen LogP contribution in [0.3, 0.4) is 0 Å². The van der Waals surface area contributed by atoms with Gasteiger partial charge in [0, 0.05) is 39.1 Å². The molecule has 0 atom stereocenters. The van der Waals surface area contributed by atoms with E-state index in [4.69, 9.17) is 4.74 Å². The van der Waals surface area contributed by atoms with Gasteiger partial charge in [0.25, 0.3) is 0 Å². The first-order chi connectivity index (χ1) is 15.4. The van der Waals surface area contributed by atoms with Crippen LogP contribution in [-0.4, -0.2) is 59.5 Å². The highest BCUT2D eigenvalue weighted by molar-refractivity contribution is 5.88. The SMILES string of the molecule is CCCCN(CC(=O)N(CCOC)Cc1cccn1C)C(=O)C12CC3CC(CC(C3)C1)C2. The third-order valence-corrected chi connectivity index (χ3v) is 8.21. The van der Waals surface area contributed by atoms with Crippen molar-refractivity contribution in [3.8, 4) is 0 Å². The summed E-state index contributed by atoms with van der Waals surface area (Å²) in [6.07, 6.45) is 11.1. The van der Waals surface area contributed by atoms with Crippen LogP contribution in [-0.2, 0) is 27.9 Å². The predicted molar refractivity (Wildman–Crippen MR) is 125 cm³/mol. The minimum atomic E-state index is -0.196. The van der Waals surface area contributed by atoms with E-state index in [1.165, 1.54) is 19.3 Å². The van der Waals surface area contributed by atoms with Crippen molar-refractivity contribution < 1.29 is 14.3 Å². The molecule has 4 aliphatic rings. The first-order valence-electron chi connectivity index (χ1n) is 12.6. The molecule has 4 bridgehead atoms. The molecule has 0 saturated heterocycles. The van der Waals surface area contributed by atoms with Gasteiger partial charge in [-0.15, -0.1) is 0 Å². The molecule has 32 heavy (non-hydrogen) atoms. The fourth-order valence-electron chi connectivity index (χ4n) is 6.92. The number of ether oxygens (including phenoxy) is 1. The molecule has 6 nitrogen and oxygen atoms in total. The number of aryl methyl sites for hydroxylation is 1. The lowest BCUT2D eigenvalue weighted by molar-refractivity contribution is -0.160. The molecule has 0 aliphatic heterocycles. The Bertz CT molecular complexity index is 767. The van der Waals surface area contributed by atoms with Crippen LogP contribution in [0.4, 0.5) is 0 Å². The Hall–Kier alpha value is -1.82. The molecule has 2 amide bonds. The lowest BCUT2D eigenvalue weighted by Crippen LogP contribution is -2.56. The van der Waals surface area contributed by atoms with Gasteiger partial charge in [-0.25, -0.2) is 0 Å². The van der Waals surface area contributed by atoms with E-state index in [2.05, 4.69) is 6.92 Å². The first kappa shape index (κ1) is 23.3. The number of aromatic nitrogens is 1. The van der Waals surface area contributed by atoms with E-state index in [9.17, 15) is 9.59 Å². The Morgan fingerprint density at radius 1 is 1.09 bits per heavy atom. The van der Waals surface area contributed by atoms with Gasteiger partial charge in [-0.1, -0.05) is 13.3 Å². The van der Waals surface area contributed by atoms with Crippen molar-refractivity contribution in [2.45, 2.75) is 64.8 Å². The maximum absolute atomic E-state index is 14.0. The number of nitrogens with zero attached hydrogens (tertiary/aromatic N) is 3. The maximum Gasteiger partial charge on any atom is 0.242 e. The van der Waals surface area contributed by atoms with E-state index >= 15 is 0 Å². The van der Waals surface area contributed by atoms with E-state index in [1.54, 1.807) is 7.11 Å². The molecule has 4 fully saturated rings. The molecule has 0 radical (unpaired) electrons. The maximum atomic E-state index is 14.0. The van der Waals surface area contributed by atoms with Gasteiger partial charge in [0.2, 0.25) is 11.8 Å². The summed E-state index contributed by atoms with van der Waals surface area (Å²) in [5, 5.41) is 0. The topological polar surface area (TPSA) is 54.8 Å². The smallest absolute Gasteiger partial charge is 0.242 e. The van der Waals surface area contributed by atoms with Crippen LogP contribution in [0, 0.1) is 23.2 Å². The quantitative estimate of drug-likeness (QED) is 0.522. The van der Waals surface area contributed by atoms with Crippen molar-refractivity contribution in [2.75, 3.05) is 33.4 Å². The van der Waals surface area contributed by atoms with Gasteiger partial charge in [0.05, 0.1) is 25.1 Å². The van der Waals surface area contributed by atoms with Crippen molar-refractivity contribution >= 4 is 11.8 Å². The number of amides is 2. The molecule has 0 N–H and O–H groups in total. The molecule has 0 spiro atoms. The van der Waals surface area contributed by atoms with Crippen molar-refractivity contribution in [3.63, 3.8) is 0 Å². The second-order valence-electron chi connectivity index (χ2n) is 10.7. The lowest BCUT2D eigenvalue weighted by atomic mass is 9.49. The Balaban J connectivity index is 1.48. The first-order valence-corrected chi connectivity index (χ1v) is 12.6. The standard InChI is InChI=1S/C26H41N3O3/c1-4-5-9-29(25(31)26-15-20-12-21(16-26)14-22(13-20)17-26)19-24(30)28(10-11-32-3)18-23-7-6-8-27(23)2/h6-8,20-22H,4-5,9-19H2,1-3H3. The molecule has 1 heterocycles. The monoisotopic (exact) mass is 443 g/mol. The number of unbranched alkanes of at least 4 members (excludes halogenated alkanes) is 1. The summed E-state index contributed by atoms with van der Waals surface area (Å²) in [4.78, 5) is 31.2. The molecule has 1 aromatic rings. The van der Waals surface area contributed by atoms with Crippen molar-refractivity contribution in [2.24, 2.45) is 30.2 Å². The fourth-order valence-corrected chi connectivity index (χ4v) is 6.92. The minimum Gasteiger partial charge on any atom is -0.383 e. The summed E-state index contributed by atoms with van der Waals surface area (Å²) < 4.78 is 7.32. The van der Waals surface area contributed by atoms with Gasteiger partial charge >= 0.3 is 0 Å². The number of hydrogen-bond donors (Lipinski definition) is 0. The molecule has 5 rings (SSSR count). The number of methoxy groups -OCH3 is 1. The highest BCUT2D eigenvalue weighted by Crippen LogP contribution is 2.60. The Labute approximate surface area is 193 Å². The zero-order valence-corrected chi connectivity index (χ0v) is 20.2. The summed E-state index contributed by atoms with van der Waals surface area (Å²) in [7, 11) is 3.66. The molecular weight excluding hydrogens is 402 g/mol. The molecule has 4 saturated carbocycles. The minimum absolute atomic E-state index is 0.0254. The van der Waals surface area contributed by atoms with Crippen LogP contribution < -0.4 is 0 Å². The molecule has 4 aliphatic carbocycles. The predicted octanol–water partition coefficient (Wildman–Crippen LogP) is 3.85. The Morgan fingerprint density at radius 3 is 2.28 bits per heavy atom. The third kappa shape index (κ3) is 4.90. The van der Waals surface area contributed by atoms with E-state index in [0.717, 1.165) is 55.6 Å². The van der Waals surface area contributed by atoms with Crippen LogP contribution in [0.5, 0.6) is 0 Å². The van der Waals surface area contributed by atoms with Crippen LogP contribution in [0.1, 0.15) is 64.0 Å². The highest BCUT2D eigenvalue weighted by Gasteiger charge is 2.55. The van der Waals surface area contributed by atoms with Crippen LogP contribution in [0.15, 0.2) is 18.3 Å². The average molecular weight is 444 g/mol. The summed E-state index contributed by atoms with van der Waals surface area (Å²) in [5.74, 6) is 2.47. The van der Waals surface area contributed by atoms with E-state index in [-0.39, 0.29) is 23.8 Å². The van der Waals surface area contributed by atoms with Gasteiger partial charge in [-0.2, -0.15) is 0 Å². The summed E-state index contributed by atoms with van der Waals surface area (Å²) in [6.45, 7) is 4.59. The van der Waals surface area contributed by atoms with Gasteiger partial charge in [0.15, 0.2) is 0 Å². The van der Waals surface area contributed by atoms with E-state index in [1.807, 2.05) is 39.7 Å². The molecule has 0 aromatic carbocycles. The van der Waals surface area contributed by atoms with E-state index < -0.39 is 0 Å². The number of hydrogen-bond acceptors (Lipinski definition) is 3. The summed E-state index contributed by atoms with van der Waals surface area (Å²) >= 11 is 0. The van der Waals surface area contributed by atoms with Crippen molar-refractivity contribution in [1.29, 1.82) is 0 Å². The largest absolute Gasteiger partial charge is 0.383 e.